The molecule has 0 radical (unpaired) electrons. The predicted octanol–water partition coefficient (Wildman–Crippen LogP) is 1.58. The van der Waals surface area contributed by atoms with E-state index in [1.807, 2.05) is 0 Å². The molecular formula is C7H12BrN3S. The van der Waals surface area contributed by atoms with Gasteiger partial charge in [0.15, 0.2) is 5.17 Å². The molecule has 0 spiro atoms. The molecule has 0 aromatic rings. The van der Waals surface area contributed by atoms with E-state index in [4.69, 9.17) is 5.73 Å². The van der Waals surface area contributed by atoms with Gasteiger partial charge in [0.25, 0.3) is 0 Å². The van der Waals surface area contributed by atoms with Gasteiger partial charge in [-0.25, -0.2) is 4.99 Å². The summed E-state index contributed by atoms with van der Waals surface area (Å²) < 4.78 is 0. The van der Waals surface area contributed by atoms with Crippen LogP contribution < -0.4 is 5.73 Å². The van der Waals surface area contributed by atoms with E-state index in [0.717, 1.165) is 12.4 Å². The van der Waals surface area contributed by atoms with Gasteiger partial charge in [-0.15, -0.1) is 17.0 Å². The molecule has 2 N–H and O–H groups in total. The van der Waals surface area contributed by atoms with E-state index in [1.54, 1.807) is 11.8 Å². The second kappa shape index (κ2) is 4.28. The summed E-state index contributed by atoms with van der Waals surface area (Å²) in [5.74, 6) is 0.977. The van der Waals surface area contributed by atoms with Crippen LogP contribution in [0.3, 0.4) is 0 Å². The third-order valence-electron chi connectivity index (χ3n) is 1.92. The van der Waals surface area contributed by atoms with E-state index in [9.17, 15) is 0 Å². The second-order valence-electron chi connectivity index (χ2n) is 2.79. The SMILES string of the molecule is Br.NC1=NC2=NCCCCC2S1. The van der Waals surface area contributed by atoms with Crippen LogP contribution in [-0.4, -0.2) is 22.8 Å². The third kappa shape index (κ3) is 2.01. The van der Waals surface area contributed by atoms with Crippen LogP contribution in [0.15, 0.2) is 9.98 Å². The first-order valence-corrected chi connectivity index (χ1v) is 4.79. The van der Waals surface area contributed by atoms with Crippen LogP contribution in [0.5, 0.6) is 0 Å². The van der Waals surface area contributed by atoms with Crippen LogP contribution in [0.4, 0.5) is 0 Å². The van der Waals surface area contributed by atoms with E-state index in [-0.39, 0.29) is 17.0 Å². The summed E-state index contributed by atoms with van der Waals surface area (Å²) in [6, 6.07) is 0. The first kappa shape index (κ1) is 10.1. The third-order valence-corrected chi connectivity index (χ3v) is 2.99. The van der Waals surface area contributed by atoms with Crippen LogP contribution in [0, 0.1) is 0 Å². The monoisotopic (exact) mass is 249 g/mol. The molecular weight excluding hydrogens is 238 g/mol. The number of rotatable bonds is 0. The van der Waals surface area contributed by atoms with Crippen molar-refractivity contribution in [3.63, 3.8) is 0 Å². The van der Waals surface area contributed by atoms with Gasteiger partial charge in [0.05, 0.1) is 5.25 Å². The second-order valence-corrected chi connectivity index (χ2v) is 4.02. The maximum Gasteiger partial charge on any atom is 0.161 e. The minimum absolute atomic E-state index is 0. The van der Waals surface area contributed by atoms with Crippen molar-refractivity contribution in [2.24, 2.45) is 15.7 Å². The maximum absolute atomic E-state index is 5.58. The molecule has 0 amide bonds. The van der Waals surface area contributed by atoms with Gasteiger partial charge in [-0.3, -0.25) is 4.99 Å². The molecule has 0 aromatic carbocycles. The molecule has 2 heterocycles. The first-order valence-electron chi connectivity index (χ1n) is 3.91. The van der Waals surface area contributed by atoms with Crippen LogP contribution in [0.25, 0.3) is 0 Å². The number of thioether (sulfide) groups is 1. The van der Waals surface area contributed by atoms with Crippen molar-refractivity contribution in [3.8, 4) is 0 Å². The number of fused-ring (bicyclic) bond motifs is 1. The van der Waals surface area contributed by atoms with Gasteiger partial charge in [-0.05, 0) is 12.8 Å². The van der Waals surface area contributed by atoms with Gasteiger partial charge in [0, 0.05) is 6.54 Å². The van der Waals surface area contributed by atoms with Crippen molar-refractivity contribution in [2.75, 3.05) is 6.54 Å². The minimum Gasteiger partial charge on any atom is -0.378 e. The molecule has 12 heavy (non-hydrogen) atoms. The van der Waals surface area contributed by atoms with Crippen molar-refractivity contribution in [1.82, 2.24) is 0 Å². The zero-order chi connectivity index (χ0) is 7.68. The van der Waals surface area contributed by atoms with Crippen molar-refractivity contribution in [1.29, 1.82) is 0 Å². The lowest BCUT2D eigenvalue weighted by molar-refractivity contribution is 0.737. The van der Waals surface area contributed by atoms with Crippen LogP contribution in [0.2, 0.25) is 0 Å². The fraction of sp³-hybridized carbons (Fsp3) is 0.714. The Hall–Kier alpha value is -0.0300. The van der Waals surface area contributed by atoms with Crippen LogP contribution in [0.1, 0.15) is 19.3 Å². The fourth-order valence-electron chi connectivity index (χ4n) is 1.37. The van der Waals surface area contributed by atoms with Crippen molar-refractivity contribution in [2.45, 2.75) is 24.5 Å². The number of amidine groups is 2. The van der Waals surface area contributed by atoms with Crippen molar-refractivity contribution >= 4 is 39.7 Å². The lowest BCUT2D eigenvalue weighted by Crippen LogP contribution is -2.09. The van der Waals surface area contributed by atoms with Gasteiger partial charge in [0.2, 0.25) is 0 Å². The quantitative estimate of drug-likeness (QED) is 0.709. The molecule has 0 aromatic heterocycles. The summed E-state index contributed by atoms with van der Waals surface area (Å²) >= 11 is 1.66. The van der Waals surface area contributed by atoms with Gasteiger partial charge in [-0.1, -0.05) is 18.2 Å². The Morgan fingerprint density at radius 1 is 1.42 bits per heavy atom. The predicted molar refractivity (Wildman–Crippen MR) is 59.5 cm³/mol. The molecule has 0 bridgehead atoms. The first-order chi connectivity index (χ1) is 5.36. The largest absolute Gasteiger partial charge is 0.378 e. The standard InChI is InChI=1S/C7H11N3S.BrH/c8-7-10-6-5(11-7)3-1-2-4-9-6;/h5H,1-4H2,(H2,8,9,10);1H. The fourth-order valence-corrected chi connectivity index (χ4v) is 2.32. The average Bonchev–Trinajstić information content (AvgIpc) is 2.17. The number of nitrogens with two attached hydrogens (primary N) is 1. The number of halogens is 1. The normalized spacial score (nSPS) is 27.8. The van der Waals surface area contributed by atoms with Crippen LogP contribution >= 0.6 is 28.7 Å². The topological polar surface area (TPSA) is 50.7 Å². The lowest BCUT2D eigenvalue weighted by atomic mass is 10.2. The molecule has 1 unspecified atom stereocenters. The molecule has 2 aliphatic rings. The summed E-state index contributed by atoms with van der Waals surface area (Å²) in [6.45, 7) is 0.934. The Labute approximate surface area is 86.7 Å². The van der Waals surface area contributed by atoms with E-state index >= 15 is 0 Å². The molecule has 2 rings (SSSR count). The number of aliphatic imine (C=N–C) groups is 2. The van der Waals surface area contributed by atoms with E-state index < -0.39 is 0 Å². The molecule has 0 saturated heterocycles. The number of hydrogen-bond acceptors (Lipinski definition) is 4. The zero-order valence-electron chi connectivity index (χ0n) is 6.69. The van der Waals surface area contributed by atoms with Crippen LogP contribution in [-0.2, 0) is 0 Å². The molecule has 3 nitrogen and oxygen atoms in total. The van der Waals surface area contributed by atoms with Gasteiger partial charge < -0.3 is 5.73 Å². The van der Waals surface area contributed by atoms with Crippen molar-refractivity contribution < 1.29 is 0 Å². The summed E-state index contributed by atoms with van der Waals surface area (Å²) in [5, 5.41) is 1.16. The highest BCUT2D eigenvalue weighted by Crippen LogP contribution is 2.27. The summed E-state index contributed by atoms with van der Waals surface area (Å²) in [7, 11) is 0. The molecule has 68 valence electrons. The van der Waals surface area contributed by atoms with Gasteiger partial charge in [0.1, 0.15) is 5.84 Å². The molecule has 0 fully saturated rings. The Kier molecular flexibility index (Phi) is 3.58. The summed E-state index contributed by atoms with van der Waals surface area (Å²) in [5.41, 5.74) is 5.58. The van der Waals surface area contributed by atoms with Gasteiger partial charge in [-0.2, -0.15) is 0 Å². The highest BCUT2D eigenvalue weighted by Gasteiger charge is 2.25. The Morgan fingerprint density at radius 2 is 2.25 bits per heavy atom. The number of nitrogens with zero attached hydrogens (tertiary/aromatic N) is 2. The molecule has 2 aliphatic heterocycles. The lowest BCUT2D eigenvalue weighted by Gasteiger charge is -2.02. The summed E-state index contributed by atoms with van der Waals surface area (Å²) in [4.78, 5) is 8.54. The Morgan fingerprint density at radius 3 is 3.08 bits per heavy atom. The highest BCUT2D eigenvalue weighted by atomic mass is 79.9. The van der Waals surface area contributed by atoms with E-state index in [0.29, 0.717) is 10.4 Å². The smallest absolute Gasteiger partial charge is 0.161 e. The maximum atomic E-state index is 5.58. The Bertz CT molecular complexity index is 227. The van der Waals surface area contributed by atoms with E-state index in [1.165, 1.54) is 19.3 Å². The molecule has 1 atom stereocenters. The van der Waals surface area contributed by atoms with Crippen molar-refractivity contribution in [3.05, 3.63) is 0 Å². The molecule has 0 saturated carbocycles. The van der Waals surface area contributed by atoms with E-state index in [2.05, 4.69) is 9.98 Å². The Balaban J connectivity index is 0.000000720. The average molecular weight is 250 g/mol. The molecule has 0 aliphatic carbocycles. The summed E-state index contributed by atoms with van der Waals surface area (Å²) in [6.07, 6.45) is 3.65. The van der Waals surface area contributed by atoms with Gasteiger partial charge >= 0.3 is 0 Å². The molecule has 5 heteroatoms. The minimum atomic E-state index is 0. The highest BCUT2D eigenvalue weighted by molar-refractivity contribution is 8.93. The zero-order valence-corrected chi connectivity index (χ0v) is 9.22. The number of hydrogen-bond donors (Lipinski definition) is 1.